The van der Waals surface area contributed by atoms with Crippen LogP contribution >= 0.6 is 23.2 Å². The molecule has 0 atom stereocenters. The molecule has 9 nitrogen and oxygen atoms in total. The Bertz CT molecular complexity index is 1710. The van der Waals surface area contributed by atoms with Gasteiger partial charge in [0.1, 0.15) is 16.3 Å². The van der Waals surface area contributed by atoms with Gasteiger partial charge in [0.25, 0.3) is 16.0 Å². The number of ether oxygens (including phenoxy) is 1. The van der Waals surface area contributed by atoms with Crippen molar-refractivity contribution < 1.29 is 27.6 Å². The van der Waals surface area contributed by atoms with Crippen LogP contribution in [0.4, 0.5) is 17.1 Å². The zero-order valence-electron chi connectivity index (χ0n) is 20.1. The summed E-state index contributed by atoms with van der Waals surface area (Å²) in [5.41, 5.74) is 0.113. The summed E-state index contributed by atoms with van der Waals surface area (Å²) in [5, 5.41) is 23.4. The first-order valence-electron chi connectivity index (χ1n) is 11.2. The Balaban J connectivity index is 1.85. The number of aromatic hydroxyl groups is 1. The molecule has 38 heavy (non-hydrogen) atoms. The van der Waals surface area contributed by atoms with Crippen molar-refractivity contribution in [2.75, 3.05) is 11.9 Å². The van der Waals surface area contributed by atoms with Crippen LogP contribution in [0, 0.1) is 6.92 Å². The van der Waals surface area contributed by atoms with Crippen LogP contribution in [0.15, 0.2) is 75.8 Å². The van der Waals surface area contributed by atoms with E-state index in [0.717, 1.165) is 6.07 Å². The third kappa shape index (κ3) is 5.44. The molecule has 0 fully saturated rings. The molecule has 0 radical (unpaired) electrons. The number of hydrogen-bond donors (Lipinski definition) is 3. The third-order valence-electron chi connectivity index (χ3n) is 5.60. The number of amides is 1. The summed E-state index contributed by atoms with van der Waals surface area (Å²) in [4.78, 5) is 12.8. The summed E-state index contributed by atoms with van der Waals surface area (Å²) in [6, 6.07) is 15.6. The van der Waals surface area contributed by atoms with Gasteiger partial charge in [-0.05, 0) is 55.1 Å². The van der Waals surface area contributed by atoms with Gasteiger partial charge in [0.2, 0.25) is 0 Å². The first kappa shape index (κ1) is 27.3. The van der Waals surface area contributed by atoms with Gasteiger partial charge in [-0.3, -0.25) is 9.35 Å². The quantitative estimate of drug-likeness (QED) is 0.155. The highest BCUT2D eigenvalue weighted by Crippen LogP contribution is 2.42. The van der Waals surface area contributed by atoms with E-state index in [2.05, 4.69) is 15.5 Å². The number of fused-ring (bicyclic) bond motifs is 1. The largest absolute Gasteiger partial charge is 0.505 e. The maximum Gasteiger partial charge on any atom is 0.296 e. The first-order chi connectivity index (χ1) is 18.0. The van der Waals surface area contributed by atoms with Crippen molar-refractivity contribution in [2.24, 2.45) is 10.2 Å². The predicted molar refractivity (Wildman–Crippen MR) is 146 cm³/mol. The van der Waals surface area contributed by atoms with Gasteiger partial charge >= 0.3 is 0 Å². The summed E-state index contributed by atoms with van der Waals surface area (Å²) in [5.74, 6) is -0.900. The second-order valence-electron chi connectivity index (χ2n) is 8.04. The van der Waals surface area contributed by atoms with Crippen molar-refractivity contribution in [3.05, 3.63) is 81.8 Å². The Hall–Kier alpha value is -3.70. The number of anilines is 1. The fraction of sp³-hybridized carbons (Fsp3) is 0.115. The van der Waals surface area contributed by atoms with E-state index in [1.54, 1.807) is 49.4 Å². The van der Waals surface area contributed by atoms with Crippen LogP contribution in [0.2, 0.25) is 10.0 Å². The second kappa shape index (κ2) is 11.0. The number of azo groups is 1. The number of halogens is 2. The standard InChI is InChI=1S/C26H21Cl2N3O6S/c1-3-37-25-19(28)9-6-10-20(25)29-26(33)17-13-15-7-4-5-8-16(15)23(24(17)32)31-30-22-14(2)18(27)11-12-21(22)38(34,35)36/h4-13,32H,3H2,1-2H3,(H,29,33)(H,34,35,36). The normalized spacial score (nSPS) is 11.7. The van der Waals surface area contributed by atoms with Crippen LogP contribution in [0.5, 0.6) is 11.5 Å². The Morgan fingerprint density at radius 1 is 1.00 bits per heavy atom. The van der Waals surface area contributed by atoms with Gasteiger partial charge in [-0.25, -0.2) is 0 Å². The van der Waals surface area contributed by atoms with E-state index in [-0.39, 0.29) is 33.3 Å². The molecule has 0 aliphatic rings. The molecule has 0 aromatic heterocycles. The van der Waals surface area contributed by atoms with Gasteiger partial charge in [0.05, 0.1) is 22.9 Å². The molecule has 0 saturated carbocycles. The Morgan fingerprint density at radius 3 is 2.42 bits per heavy atom. The summed E-state index contributed by atoms with van der Waals surface area (Å²) in [7, 11) is -4.66. The molecular weight excluding hydrogens is 553 g/mol. The Morgan fingerprint density at radius 2 is 1.71 bits per heavy atom. The number of benzene rings is 4. The lowest BCUT2D eigenvalue weighted by Gasteiger charge is -2.14. The van der Waals surface area contributed by atoms with Crippen LogP contribution < -0.4 is 10.1 Å². The van der Waals surface area contributed by atoms with E-state index in [4.69, 9.17) is 27.9 Å². The van der Waals surface area contributed by atoms with Crippen molar-refractivity contribution in [1.82, 2.24) is 0 Å². The van der Waals surface area contributed by atoms with Gasteiger partial charge in [-0.2, -0.15) is 8.42 Å². The summed E-state index contributed by atoms with van der Waals surface area (Å²) < 4.78 is 39.0. The molecule has 0 aliphatic heterocycles. The molecule has 0 saturated heterocycles. The molecule has 0 aliphatic carbocycles. The van der Waals surface area contributed by atoms with Gasteiger partial charge < -0.3 is 15.2 Å². The highest BCUT2D eigenvalue weighted by atomic mass is 35.5. The Kier molecular flexibility index (Phi) is 7.89. The van der Waals surface area contributed by atoms with E-state index in [1.165, 1.54) is 19.1 Å². The Labute approximate surface area is 228 Å². The van der Waals surface area contributed by atoms with Crippen molar-refractivity contribution in [2.45, 2.75) is 18.7 Å². The second-order valence-corrected chi connectivity index (χ2v) is 10.2. The minimum Gasteiger partial charge on any atom is -0.505 e. The first-order valence-corrected chi connectivity index (χ1v) is 13.4. The minimum absolute atomic E-state index is 0.0926. The van der Waals surface area contributed by atoms with E-state index >= 15 is 0 Å². The van der Waals surface area contributed by atoms with Gasteiger partial charge in [-0.1, -0.05) is 53.5 Å². The zero-order chi connectivity index (χ0) is 27.6. The molecule has 12 heteroatoms. The minimum atomic E-state index is -4.66. The molecule has 0 bridgehead atoms. The average molecular weight is 574 g/mol. The molecule has 0 spiro atoms. The topological polar surface area (TPSA) is 138 Å². The van der Waals surface area contributed by atoms with Crippen LogP contribution in [0.3, 0.4) is 0 Å². The maximum absolute atomic E-state index is 13.3. The average Bonchev–Trinajstić information content (AvgIpc) is 2.86. The van der Waals surface area contributed by atoms with Gasteiger partial charge in [-0.15, -0.1) is 10.2 Å². The molecule has 4 aromatic rings. The molecule has 0 unspecified atom stereocenters. The summed E-state index contributed by atoms with van der Waals surface area (Å²) in [6.07, 6.45) is 0. The fourth-order valence-corrected chi connectivity index (χ4v) is 4.82. The molecule has 4 aromatic carbocycles. The van der Waals surface area contributed by atoms with E-state index in [0.29, 0.717) is 28.1 Å². The number of nitrogens with zero attached hydrogens (tertiary/aromatic N) is 2. The zero-order valence-corrected chi connectivity index (χ0v) is 22.4. The van der Waals surface area contributed by atoms with Crippen LogP contribution in [0.1, 0.15) is 22.8 Å². The number of phenolic OH excluding ortho intramolecular Hbond substituents is 1. The number of para-hydroxylation sites is 1. The fourth-order valence-electron chi connectivity index (χ4n) is 3.76. The molecule has 196 valence electrons. The summed E-state index contributed by atoms with van der Waals surface area (Å²) >= 11 is 12.4. The number of carbonyl (C=O) groups is 1. The number of nitrogens with one attached hydrogen (secondary N) is 1. The van der Waals surface area contributed by atoms with E-state index in [1.807, 2.05) is 0 Å². The summed E-state index contributed by atoms with van der Waals surface area (Å²) in [6.45, 7) is 3.59. The molecule has 4 rings (SSSR count). The third-order valence-corrected chi connectivity index (χ3v) is 7.19. The lowest BCUT2D eigenvalue weighted by Crippen LogP contribution is -2.13. The monoisotopic (exact) mass is 573 g/mol. The smallest absolute Gasteiger partial charge is 0.296 e. The predicted octanol–water partition coefficient (Wildman–Crippen LogP) is 7.47. The molecule has 3 N–H and O–H groups in total. The van der Waals surface area contributed by atoms with Crippen LogP contribution in [0.25, 0.3) is 10.8 Å². The molecular formula is C26H21Cl2N3O6S. The lowest BCUT2D eigenvalue weighted by molar-refractivity contribution is 0.102. The van der Waals surface area contributed by atoms with Gasteiger partial charge in [0.15, 0.2) is 11.5 Å². The highest BCUT2D eigenvalue weighted by Gasteiger charge is 2.22. The number of rotatable bonds is 7. The number of hydrogen-bond acceptors (Lipinski definition) is 7. The van der Waals surface area contributed by atoms with E-state index in [9.17, 15) is 22.9 Å². The highest BCUT2D eigenvalue weighted by molar-refractivity contribution is 7.86. The lowest BCUT2D eigenvalue weighted by atomic mass is 10.0. The van der Waals surface area contributed by atoms with Gasteiger partial charge in [0, 0.05) is 10.4 Å². The van der Waals surface area contributed by atoms with E-state index < -0.39 is 26.7 Å². The number of phenols is 1. The van der Waals surface area contributed by atoms with Crippen molar-refractivity contribution in [1.29, 1.82) is 0 Å². The van der Waals surface area contributed by atoms with Crippen molar-refractivity contribution in [3.63, 3.8) is 0 Å². The molecule has 1 amide bonds. The molecule has 0 heterocycles. The van der Waals surface area contributed by atoms with Crippen molar-refractivity contribution >= 4 is 67.1 Å². The SMILES string of the molecule is CCOc1c(Cl)cccc1NC(=O)c1cc2ccccc2c(N=Nc2c(S(=O)(=O)O)ccc(Cl)c2C)c1O. The van der Waals surface area contributed by atoms with Crippen LogP contribution in [-0.2, 0) is 10.1 Å². The van der Waals surface area contributed by atoms with Crippen molar-refractivity contribution in [3.8, 4) is 11.5 Å². The maximum atomic E-state index is 13.3. The number of carbonyl (C=O) groups excluding carboxylic acids is 1. The van der Waals surface area contributed by atoms with Crippen LogP contribution in [-0.4, -0.2) is 30.6 Å².